The molecule has 0 spiro atoms. The van der Waals surface area contributed by atoms with Crippen molar-refractivity contribution in [1.29, 1.82) is 0 Å². The van der Waals surface area contributed by atoms with Crippen LogP contribution in [0.25, 0.3) is 0 Å². The number of urea groups is 1. The summed E-state index contributed by atoms with van der Waals surface area (Å²) in [7, 11) is 0. The van der Waals surface area contributed by atoms with Crippen LogP contribution in [0.1, 0.15) is 0 Å². The first-order chi connectivity index (χ1) is 11.6. The van der Waals surface area contributed by atoms with Gasteiger partial charge in [-0.2, -0.15) is 8.78 Å². The van der Waals surface area contributed by atoms with E-state index in [-0.39, 0.29) is 19.0 Å². The first-order valence-electron chi connectivity index (χ1n) is 7.03. The fourth-order valence-electron chi connectivity index (χ4n) is 1.84. The van der Waals surface area contributed by atoms with Crippen LogP contribution in [0, 0.1) is 0 Å². The highest BCUT2D eigenvalue weighted by Gasteiger charge is 2.06. The molecule has 0 unspecified atom stereocenters. The molecule has 2 aromatic carbocycles. The molecule has 8 heteroatoms. The minimum Gasteiger partial charge on any atom is -0.491 e. The molecular formula is C16H16F2N2O4. The average Bonchev–Trinajstić information content (AvgIpc) is 2.54. The van der Waals surface area contributed by atoms with Crippen LogP contribution in [0.5, 0.6) is 11.5 Å². The Morgan fingerprint density at radius 3 is 2.42 bits per heavy atom. The Morgan fingerprint density at radius 1 is 1.04 bits per heavy atom. The predicted octanol–water partition coefficient (Wildman–Crippen LogP) is 3.30. The Balaban J connectivity index is 1.90. The number of benzene rings is 2. The van der Waals surface area contributed by atoms with E-state index < -0.39 is 12.6 Å². The number of alkyl halides is 2. The number of aliphatic hydroxyl groups excluding tert-OH is 1. The van der Waals surface area contributed by atoms with Crippen molar-refractivity contribution in [2.45, 2.75) is 6.61 Å². The van der Waals surface area contributed by atoms with Crippen molar-refractivity contribution >= 4 is 17.4 Å². The molecule has 24 heavy (non-hydrogen) atoms. The van der Waals surface area contributed by atoms with Gasteiger partial charge in [0, 0.05) is 17.4 Å². The normalized spacial score (nSPS) is 10.3. The lowest BCUT2D eigenvalue weighted by atomic mass is 10.3. The Morgan fingerprint density at radius 2 is 1.75 bits per heavy atom. The smallest absolute Gasteiger partial charge is 0.387 e. The molecule has 0 saturated heterocycles. The third-order valence-electron chi connectivity index (χ3n) is 2.79. The van der Waals surface area contributed by atoms with Gasteiger partial charge in [0.05, 0.1) is 6.61 Å². The number of carbonyl (C=O) groups is 1. The van der Waals surface area contributed by atoms with E-state index in [1.165, 1.54) is 24.3 Å². The summed E-state index contributed by atoms with van der Waals surface area (Å²) in [6.45, 7) is -2.85. The maximum atomic E-state index is 12.1. The van der Waals surface area contributed by atoms with Gasteiger partial charge in [-0.05, 0) is 36.4 Å². The van der Waals surface area contributed by atoms with E-state index in [4.69, 9.17) is 9.84 Å². The number of halogens is 2. The number of carbonyl (C=O) groups excluding carboxylic acids is 1. The zero-order valence-electron chi connectivity index (χ0n) is 12.5. The summed E-state index contributed by atoms with van der Waals surface area (Å²) in [6, 6.07) is 11.7. The number of rotatable bonds is 7. The molecule has 0 bridgehead atoms. The molecule has 2 aromatic rings. The molecule has 0 fully saturated rings. The third kappa shape index (κ3) is 5.73. The SMILES string of the molecule is O=C(Nc1ccc(OC(F)F)cc1)Nc1cccc(OCCO)c1. The highest BCUT2D eigenvalue weighted by Crippen LogP contribution is 2.19. The van der Waals surface area contributed by atoms with Crippen LogP contribution >= 0.6 is 0 Å². The van der Waals surface area contributed by atoms with Gasteiger partial charge in [-0.15, -0.1) is 0 Å². The summed E-state index contributed by atoms with van der Waals surface area (Å²) in [4.78, 5) is 11.9. The third-order valence-corrected chi connectivity index (χ3v) is 2.79. The van der Waals surface area contributed by atoms with E-state index >= 15 is 0 Å². The van der Waals surface area contributed by atoms with E-state index in [0.29, 0.717) is 17.1 Å². The van der Waals surface area contributed by atoms with Crippen LogP contribution in [-0.2, 0) is 0 Å². The summed E-state index contributed by atoms with van der Waals surface area (Å²) in [5.74, 6) is 0.514. The average molecular weight is 338 g/mol. The van der Waals surface area contributed by atoms with Gasteiger partial charge in [0.25, 0.3) is 0 Å². The maximum Gasteiger partial charge on any atom is 0.387 e. The van der Waals surface area contributed by atoms with Crippen molar-refractivity contribution in [3.63, 3.8) is 0 Å². The standard InChI is InChI=1S/C16H16F2N2O4/c17-15(18)24-13-6-4-11(5-7-13)19-16(22)20-12-2-1-3-14(10-12)23-9-8-21/h1-7,10,15,21H,8-9H2,(H2,19,20,22). The van der Waals surface area contributed by atoms with Gasteiger partial charge in [-0.3, -0.25) is 0 Å². The highest BCUT2D eigenvalue weighted by molar-refractivity contribution is 5.99. The van der Waals surface area contributed by atoms with Crippen LogP contribution in [0.4, 0.5) is 25.0 Å². The Labute approximate surface area is 137 Å². The first kappa shape index (κ1) is 17.5. The second kappa shape index (κ2) is 8.68. The van der Waals surface area contributed by atoms with Crippen molar-refractivity contribution in [2.75, 3.05) is 23.8 Å². The second-order valence-corrected chi connectivity index (χ2v) is 4.58. The highest BCUT2D eigenvalue weighted by atomic mass is 19.3. The summed E-state index contributed by atoms with van der Waals surface area (Å²) in [6.07, 6.45) is 0. The zero-order chi connectivity index (χ0) is 17.4. The molecular weight excluding hydrogens is 322 g/mol. The Bertz CT molecular complexity index is 665. The van der Waals surface area contributed by atoms with E-state index in [1.807, 2.05) is 0 Å². The molecule has 0 aliphatic rings. The van der Waals surface area contributed by atoms with Crippen LogP contribution in [0.3, 0.4) is 0 Å². The lowest BCUT2D eigenvalue weighted by Gasteiger charge is -2.10. The van der Waals surface area contributed by atoms with Crippen LogP contribution in [0.15, 0.2) is 48.5 Å². The molecule has 2 amide bonds. The van der Waals surface area contributed by atoms with Gasteiger partial charge in [0.1, 0.15) is 18.1 Å². The number of anilines is 2. The minimum atomic E-state index is -2.90. The van der Waals surface area contributed by atoms with Crippen LogP contribution in [-0.4, -0.2) is 31.0 Å². The molecule has 0 heterocycles. The number of nitrogens with one attached hydrogen (secondary N) is 2. The van der Waals surface area contributed by atoms with Crippen molar-refractivity contribution in [2.24, 2.45) is 0 Å². The fourth-order valence-corrected chi connectivity index (χ4v) is 1.84. The predicted molar refractivity (Wildman–Crippen MR) is 84.7 cm³/mol. The van der Waals surface area contributed by atoms with Gasteiger partial charge >= 0.3 is 12.6 Å². The lowest BCUT2D eigenvalue weighted by Crippen LogP contribution is -2.19. The molecule has 128 valence electrons. The molecule has 0 atom stereocenters. The monoisotopic (exact) mass is 338 g/mol. The van der Waals surface area contributed by atoms with Crippen molar-refractivity contribution in [3.05, 3.63) is 48.5 Å². The van der Waals surface area contributed by atoms with E-state index in [0.717, 1.165) is 0 Å². The van der Waals surface area contributed by atoms with E-state index in [9.17, 15) is 13.6 Å². The van der Waals surface area contributed by atoms with Crippen molar-refractivity contribution in [3.8, 4) is 11.5 Å². The molecule has 0 saturated carbocycles. The Hall–Kier alpha value is -2.87. The van der Waals surface area contributed by atoms with Crippen LogP contribution in [0.2, 0.25) is 0 Å². The molecule has 3 N–H and O–H groups in total. The maximum absolute atomic E-state index is 12.1. The summed E-state index contributed by atoms with van der Waals surface area (Å²) >= 11 is 0. The van der Waals surface area contributed by atoms with Crippen LogP contribution < -0.4 is 20.1 Å². The van der Waals surface area contributed by atoms with Crippen molar-refractivity contribution < 1.29 is 28.2 Å². The number of aliphatic hydroxyl groups is 1. The number of amides is 2. The summed E-state index contributed by atoms with van der Waals surface area (Å²) in [5, 5.41) is 13.9. The molecule has 6 nitrogen and oxygen atoms in total. The van der Waals surface area contributed by atoms with Gasteiger partial charge in [0.2, 0.25) is 0 Å². The number of ether oxygens (including phenoxy) is 2. The van der Waals surface area contributed by atoms with E-state index in [2.05, 4.69) is 15.4 Å². The van der Waals surface area contributed by atoms with Crippen molar-refractivity contribution in [1.82, 2.24) is 0 Å². The number of hydrogen-bond acceptors (Lipinski definition) is 4. The number of hydrogen-bond donors (Lipinski definition) is 3. The van der Waals surface area contributed by atoms with Gasteiger partial charge in [-0.25, -0.2) is 4.79 Å². The largest absolute Gasteiger partial charge is 0.491 e. The quantitative estimate of drug-likeness (QED) is 0.724. The second-order valence-electron chi connectivity index (χ2n) is 4.58. The molecule has 2 rings (SSSR count). The van der Waals surface area contributed by atoms with E-state index in [1.54, 1.807) is 24.3 Å². The molecule has 0 aliphatic heterocycles. The zero-order valence-corrected chi connectivity index (χ0v) is 12.5. The molecule has 0 aromatic heterocycles. The van der Waals surface area contributed by atoms with Gasteiger partial charge < -0.3 is 25.2 Å². The molecule has 0 aliphatic carbocycles. The minimum absolute atomic E-state index is 0.00434. The topological polar surface area (TPSA) is 79.8 Å². The van der Waals surface area contributed by atoms with Gasteiger partial charge in [0.15, 0.2) is 0 Å². The molecule has 0 radical (unpaired) electrons. The first-order valence-corrected chi connectivity index (χ1v) is 7.03. The lowest BCUT2D eigenvalue weighted by molar-refractivity contribution is -0.0498. The summed E-state index contributed by atoms with van der Waals surface area (Å²) in [5.41, 5.74) is 0.919. The fraction of sp³-hybridized carbons (Fsp3) is 0.188. The Kier molecular flexibility index (Phi) is 6.32. The summed E-state index contributed by atoms with van der Waals surface area (Å²) < 4.78 is 33.6. The van der Waals surface area contributed by atoms with Gasteiger partial charge in [-0.1, -0.05) is 6.07 Å².